The van der Waals surface area contributed by atoms with Crippen LogP contribution < -0.4 is 5.69 Å². The van der Waals surface area contributed by atoms with Gasteiger partial charge in [-0.3, -0.25) is 13.9 Å². The van der Waals surface area contributed by atoms with Crippen LogP contribution in [0.25, 0.3) is 45.1 Å². The molecule has 2 N–H and O–H groups in total. The molecule has 4 aromatic heterocycles. The summed E-state index contributed by atoms with van der Waals surface area (Å²) in [6, 6.07) is 6.28. The number of halogens is 1. The number of aromatic amines is 2. The highest BCUT2D eigenvalue weighted by Gasteiger charge is 2.31. The molecule has 4 heterocycles. The second-order valence-corrected chi connectivity index (χ2v) is 7.71. The number of hydrogen-bond donors (Lipinski definition) is 2. The van der Waals surface area contributed by atoms with Gasteiger partial charge in [0.2, 0.25) is 0 Å². The summed E-state index contributed by atoms with van der Waals surface area (Å²) in [7, 11) is 3.78. The summed E-state index contributed by atoms with van der Waals surface area (Å²) in [5.74, 6) is 1.25. The van der Waals surface area contributed by atoms with Crippen LogP contribution in [0.3, 0.4) is 0 Å². The lowest BCUT2D eigenvalue weighted by Crippen LogP contribution is -2.16. The van der Waals surface area contributed by atoms with Gasteiger partial charge in [-0.25, -0.2) is 14.9 Å². The molecule has 0 atom stereocenters. The molecule has 0 radical (unpaired) electrons. The van der Waals surface area contributed by atoms with E-state index in [0.29, 0.717) is 17.3 Å². The SMILES string of the molecule is Cl.Cn1cc(-c2nc(-c3ccc4cnn(C)c4c3)c(-c3n[nH]c(=O)n3C3CC3)[nH]2)cn1. The summed E-state index contributed by atoms with van der Waals surface area (Å²) in [6.07, 6.45) is 7.45. The number of nitrogens with one attached hydrogen (secondary N) is 2. The lowest BCUT2D eigenvalue weighted by Gasteiger charge is -2.05. The van der Waals surface area contributed by atoms with Gasteiger partial charge in [-0.15, -0.1) is 12.4 Å². The van der Waals surface area contributed by atoms with Crippen molar-refractivity contribution in [3.8, 4) is 34.2 Å². The summed E-state index contributed by atoms with van der Waals surface area (Å²) in [5.41, 5.74) is 4.04. The van der Waals surface area contributed by atoms with E-state index in [1.807, 2.05) is 43.3 Å². The van der Waals surface area contributed by atoms with Crippen molar-refractivity contribution in [2.75, 3.05) is 0 Å². The molecule has 0 aliphatic heterocycles. The molecule has 0 saturated heterocycles. The van der Waals surface area contributed by atoms with Gasteiger partial charge in [0.05, 0.1) is 23.5 Å². The monoisotopic (exact) mass is 437 g/mol. The molecule has 0 unspecified atom stereocenters. The van der Waals surface area contributed by atoms with E-state index in [0.717, 1.165) is 40.6 Å². The first-order valence-electron chi connectivity index (χ1n) is 9.77. The maximum atomic E-state index is 12.4. The fourth-order valence-corrected chi connectivity index (χ4v) is 3.87. The number of rotatable bonds is 4. The molecule has 0 amide bonds. The largest absolute Gasteiger partial charge is 0.343 e. The third-order valence-electron chi connectivity index (χ3n) is 5.54. The fourth-order valence-electron chi connectivity index (χ4n) is 3.87. The number of H-pyrrole nitrogens is 2. The number of nitrogens with zero attached hydrogens (tertiary/aromatic N) is 7. The molecule has 31 heavy (non-hydrogen) atoms. The topological polar surface area (TPSA) is 115 Å². The van der Waals surface area contributed by atoms with Crippen molar-refractivity contribution in [2.45, 2.75) is 18.9 Å². The summed E-state index contributed by atoms with van der Waals surface area (Å²) < 4.78 is 5.29. The average molecular weight is 438 g/mol. The van der Waals surface area contributed by atoms with E-state index in [9.17, 15) is 4.79 Å². The zero-order valence-corrected chi connectivity index (χ0v) is 17.7. The third-order valence-corrected chi connectivity index (χ3v) is 5.54. The van der Waals surface area contributed by atoms with Gasteiger partial charge in [-0.2, -0.15) is 15.3 Å². The maximum absolute atomic E-state index is 12.4. The van der Waals surface area contributed by atoms with Gasteiger partial charge in [0, 0.05) is 37.3 Å². The van der Waals surface area contributed by atoms with E-state index < -0.39 is 0 Å². The Balaban J connectivity index is 0.00000204. The predicted octanol–water partition coefficient (Wildman–Crippen LogP) is 2.67. The van der Waals surface area contributed by atoms with E-state index in [-0.39, 0.29) is 24.1 Å². The number of aromatic nitrogens is 9. The summed E-state index contributed by atoms with van der Waals surface area (Å²) in [5, 5.41) is 16.6. The minimum Gasteiger partial charge on any atom is -0.335 e. The molecule has 6 rings (SSSR count). The van der Waals surface area contributed by atoms with Crippen LogP contribution in [0.5, 0.6) is 0 Å². The van der Waals surface area contributed by atoms with Crippen LogP contribution in [-0.4, -0.2) is 44.3 Å². The molecular weight excluding hydrogens is 418 g/mol. The molecule has 5 aromatic rings. The van der Waals surface area contributed by atoms with Crippen molar-refractivity contribution in [1.82, 2.24) is 44.3 Å². The number of benzene rings is 1. The Bertz CT molecular complexity index is 1460. The molecule has 1 aliphatic rings. The fraction of sp³-hybridized carbons (Fsp3) is 0.250. The lowest BCUT2D eigenvalue weighted by atomic mass is 10.1. The Morgan fingerprint density at radius 1 is 1.10 bits per heavy atom. The van der Waals surface area contributed by atoms with Gasteiger partial charge in [-0.1, -0.05) is 12.1 Å². The smallest absolute Gasteiger partial charge is 0.335 e. The first-order chi connectivity index (χ1) is 14.6. The molecule has 1 aliphatic carbocycles. The van der Waals surface area contributed by atoms with Gasteiger partial charge >= 0.3 is 5.69 Å². The lowest BCUT2D eigenvalue weighted by molar-refractivity contribution is 0.715. The van der Waals surface area contributed by atoms with Crippen LogP contribution in [0, 0.1) is 0 Å². The number of hydrogen-bond acceptors (Lipinski definition) is 5. The Hall–Kier alpha value is -3.66. The minimum absolute atomic E-state index is 0. The van der Waals surface area contributed by atoms with E-state index in [1.165, 1.54) is 0 Å². The first-order valence-corrected chi connectivity index (χ1v) is 9.77. The average Bonchev–Trinajstić information content (AvgIpc) is 3.08. The van der Waals surface area contributed by atoms with Crippen molar-refractivity contribution in [1.29, 1.82) is 0 Å². The minimum atomic E-state index is -0.196. The van der Waals surface area contributed by atoms with E-state index >= 15 is 0 Å². The van der Waals surface area contributed by atoms with E-state index in [2.05, 4.69) is 31.4 Å². The highest BCUT2D eigenvalue weighted by Crippen LogP contribution is 2.39. The van der Waals surface area contributed by atoms with E-state index in [4.69, 9.17) is 4.98 Å². The molecule has 11 heteroatoms. The van der Waals surface area contributed by atoms with Gasteiger partial charge in [0.25, 0.3) is 0 Å². The summed E-state index contributed by atoms with van der Waals surface area (Å²) >= 11 is 0. The van der Waals surface area contributed by atoms with Crippen LogP contribution in [0.1, 0.15) is 18.9 Å². The van der Waals surface area contributed by atoms with Crippen molar-refractivity contribution in [3.05, 3.63) is 47.3 Å². The summed E-state index contributed by atoms with van der Waals surface area (Å²) in [6.45, 7) is 0. The first kappa shape index (κ1) is 19.3. The van der Waals surface area contributed by atoms with Crippen LogP contribution in [0.15, 0.2) is 41.6 Å². The highest BCUT2D eigenvalue weighted by atomic mass is 35.5. The molecule has 1 saturated carbocycles. The maximum Gasteiger partial charge on any atom is 0.343 e. The predicted molar refractivity (Wildman–Crippen MR) is 118 cm³/mol. The Morgan fingerprint density at radius 3 is 2.68 bits per heavy atom. The molecule has 1 fully saturated rings. The Labute approximate surface area is 182 Å². The zero-order valence-electron chi connectivity index (χ0n) is 16.9. The summed E-state index contributed by atoms with van der Waals surface area (Å²) in [4.78, 5) is 20.7. The van der Waals surface area contributed by atoms with Gasteiger partial charge in [-0.05, 0) is 18.9 Å². The van der Waals surface area contributed by atoms with Gasteiger partial charge in [0.1, 0.15) is 17.2 Å². The Morgan fingerprint density at radius 2 is 1.94 bits per heavy atom. The number of imidazole rings is 1. The molecular formula is C20H20ClN9O. The number of fused-ring (bicyclic) bond motifs is 1. The van der Waals surface area contributed by atoms with Crippen LogP contribution in [0.4, 0.5) is 0 Å². The highest BCUT2D eigenvalue weighted by molar-refractivity contribution is 5.87. The molecule has 158 valence electrons. The quantitative estimate of drug-likeness (QED) is 0.448. The third kappa shape index (κ3) is 3.07. The van der Waals surface area contributed by atoms with Crippen molar-refractivity contribution in [2.24, 2.45) is 14.1 Å². The van der Waals surface area contributed by atoms with Crippen molar-refractivity contribution in [3.63, 3.8) is 0 Å². The van der Waals surface area contributed by atoms with Gasteiger partial charge in [0.15, 0.2) is 5.82 Å². The van der Waals surface area contributed by atoms with Crippen LogP contribution in [-0.2, 0) is 14.1 Å². The standard InChI is InChI=1S/C20H19N9O.ClH/c1-27-10-13(9-21-27)18-23-16(11-3-4-12-8-22-28(2)15(12)7-11)17(24-18)19-25-26-20(30)29(19)14-5-6-14;/h3-4,7-10,14H,5-6H2,1-2H3,(H,23,24)(H,26,30);1H. The van der Waals surface area contributed by atoms with Gasteiger partial charge < -0.3 is 4.98 Å². The number of aryl methyl sites for hydroxylation is 2. The van der Waals surface area contributed by atoms with Crippen LogP contribution in [0.2, 0.25) is 0 Å². The molecule has 0 bridgehead atoms. The zero-order chi connectivity index (χ0) is 20.4. The molecule has 0 spiro atoms. The van der Waals surface area contributed by atoms with Crippen molar-refractivity contribution < 1.29 is 0 Å². The van der Waals surface area contributed by atoms with Crippen molar-refractivity contribution >= 4 is 23.3 Å². The second kappa shape index (κ2) is 6.95. The van der Waals surface area contributed by atoms with Crippen LogP contribution >= 0.6 is 12.4 Å². The molecule has 1 aromatic carbocycles. The normalized spacial score (nSPS) is 13.6. The van der Waals surface area contributed by atoms with E-state index in [1.54, 1.807) is 15.4 Å². The Kier molecular flexibility index (Phi) is 4.33. The molecule has 10 nitrogen and oxygen atoms in total. The second-order valence-electron chi connectivity index (χ2n) is 7.71.